The predicted octanol–water partition coefficient (Wildman–Crippen LogP) is 5.75. The molecule has 0 atom stereocenters. The van der Waals surface area contributed by atoms with Gasteiger partial charge in [-0.1, -0.05) is 45.9 Å². The summed E-state index contributed by atoms with van der Waals surface area (Å²) in [6.07, 6.45) is 1.69. The molecule has 6 nitrogen and oxygen atoms in total. The zero-order valence-corrected chi connectivity index (χ0v) is 18.8. The Bertz CT molecular complexity index is 1050. The molecule has 30 heavy (non-hydrogen) atoms. The summed E-state index contributed by atoms with van der Waals surface area (Å²) in [7, 11) is 0. The number of phenols is 1. The van der Waals surface area contributed by atoms with E-state index in [1.165, 1.54) is 6.07 Å². The Hall–Kier alpha value is -2.71. The number of aromatic hydroxyl groups is 1. The molecule has 0 aromatic heterocycles. The Morgan fingerprint density at radius 2 is 1.90 bits per heavy atom. The highest BCUT2D eigenvalue weighted by molar-refractivity contribution is 9.10. The molecule has 0 bridgehead atoms. The molecule has 0 saturated heterocycles. The molecule has 1 aliphatic rings. The van der Waals surface area contributed by atoms with Crippen LogP contribution in [0.2, 0.25) is 0 Å². The number of hydrogen-bond acceptors (Lipinski definition) is 7. The number of aliphatic hydroxyl groups is 1. The first-order chi connectivity index (χ1) is 14.4. The Morgan fingerprint density at radius 3 is 2.57 bits per heavy atom. The fourth-order valence-electron chi connectivity index (χ4n) is 2.69. The van der Waals surface area contributed by atoms with Crippen LogP contribution in [0, 0.1) is 0 Å². The van der Waals surface area contributed by atoms with Crippen molar-refractivity contribution in [1.82, 2.24) is 0 Å². The molecule has 8 heteroatoms. The van der Waals surface area contributed by atoms with Crippen LogP contribution in [-0.4, -0.2) is 34.4 Å². The van der Waals surface area contributed by atoms with Gasteiger partial charge in [-0.15, -0.1) is 0 Å². The van der Waals surface area contributed by atoms with Crippen LogP contribution in [-0.2, 0) is 9.53 Å². The van der Waals surface area contributed by atoms with Crippen LogP contribution >= 0.6 is 27.7 Å². The molecular weight excluding hydrogens is 470 g/mol. The highest BCUT2D eigenvalue weighted by Gasteiger charge is 2.33. The second kappa shape index (κ2) is 9.86. The number of para-hydroxylation sites is 1. The molecule has 0 saturated carbocycles. The van der Waals surface area contributed by atoms with E-state index in [1.54, 1.807) is 31.2 Å². The normalized spacial score (nSPS) is 16.4. The zero-order valence-electron chi connectivity index (χ0n) is 16.4. The van der Waals surface area contributed by atoms with Crippen molar-refractivity contribution in [2.75, 3.05) is 13.2 Å². The predicted molar refractivity (Wildman–Crippen MR) is 122 cm³/mol. The molecule has 0 unspecified atom stereocenters. The highest BCUT2D eigenvalue weighted by Crippen LogP contribution is 2.42. The maximum absolute atomic E-state index is 12.5. The smallest absolute Gasteiger partial charge is 0.344 e. The van der Waals surface area contributed by atoms with Crippen LogP contribution in [0.1, 0.15) is 19.4 Å². The molecule has 0 amide bonds. The van der Waals surface area contributed by atoms with E-state index in [2.05, 4.69) is 20.9 Å². The lowest BCUT2D eigenvalue weighted by Gasteiger charge is -2.09. The molecule has 156 valence electrons. The number of benzene rings is 2. The lowest BCUT2D eigenvalue weighted by molar-refractivity contribution is -0.138. The highest BCUT2D eigenvalue weighted by atomic mass is 79.9. The molecular formula is C22H20BrNO5S. The topological polar surface area (TPSA) is 88.4 Å². The minimum absolute atomic E-state index is 0.00301. The van der Waals surface area contributed by atoms with Gasteiger partial charge in [-0.25, -0.2) is 9.79 Å². The Balaban J connectivity index is 2.07. The average Bonchev–Trinajstić information content (AvgIpc) is 3.01. The van der Waals surface area contributed by atoms with Gasteiger partial charge in [0.15, 0.2) is 11.5 Å². The van der Waals surface area contributed by atoms with E-state index in [1.807, 2.05) is 25.1 Å². The van der Waals surface area contributed by atoms with Crippen molar-refractivity contribution in [2.24, 2.45) is 4.99 Å². The second-order valence-corrected chi connectivity index (χ2v) is 7.97. The number of carbonyl (C=O) groups excluding carboxylic acids is 1. The quantitative estimate of drug-likeness (QED) is 0.502. The van der Waals surface area contributed by atoms with Gasteiger partial charge in [-0.3, -0.25) is 0 Å². The van der Waals surface area contributed by atoms with Gasteiger partial charge in [0.25, 0.3) is 0 Å². The molecule has 1 heterocycles. The summed E-state index contributed by atoms with van der Waals surface area (Å²) in [5.74, 6) is -0.516. The summed E-state index contributed by atoms with van der Waals surface area (Å²) >= 11 is 4.57. The third-order valence-electron chi connectivity index (χ3n) is 4.02. The van der Waals surface area contributed by atoms with Gasteiger partial charge in [0.05, 0.1) is 23.8 Å². The van der Waals surface area contributed by atoms with E-state index in [0.29, 0.717) is 38.0 Å². The van der Waals surface area contributed by atoms with E-state index in [9.17, 15) is 15.0 Å². The molecule has 0 radical (unpaired) electrons. The molecule has 2 aromatic carbocycles. The largest absolute Gasteiger partial charge is 0.506 e. The number of carbonyl (C=O) groups is 1. The van der Waals surface area contributed by atoms with Crippen LogP contribution in [0.3, 0.4) is 0 Å². The number of phenolic OH excluding ortho intramolecular Hbond substituents is 1. The first-order valence-corrected chi connectivity index (χ1v) is 10.8. The Labute approximate surface area is 187 Å². The maximum Gasteiger partial charge on any atom is 0.344 e. The summed E-state index contributed by atoms with van der Waals surface area (Å²) in [6.45, 7) is 4.09. The van der Waals surface area contributed by atoms with E-state index in [-0.39, 0.29) is 23.7 Å². The Kier molecular flexibility index (Phi) is 7.23. The number of ether oxygens (including phenoxy) is 2. The second-order valence-electron chi connectivity index (χ2n) is 6.08. The monoisotopic (exact) mass is 489 g/mol. The van der Waals surface area contributed by atoms with Gasteiger partial charge in [-0.05, 0) is 49.8 Å². The number of nitrogens with zero attached hydrogens (tertiary/aromatic N) is 1. The lowest BCUT2D eigenvalue weighted by atomic mass is 10.1. The molecule has 0 fully saturated rings. The average molecular weight is 490 g/mol. The van der Waals surface area contributed by atoms with E-state index < -0.39 is 5.97 Å². The minimum Gasteiger partial charge on any atom is -0.506 e. The van der Waals surface area contributed by atoms with Gasteiger partial charge in [0, 0.05) is 4.47 Å². The molecule has 2 N–H and O–H groups in total. The number of aliphatic imine (C=N–C) groups is 1. The Morgan fingerprint density at radius 1 is 1.17 bits per heavy atom. The maximum atomic E-state index is 12.5. The van der Waals surface area contributed by atoms with Crippen molar-refractivity contribution >= 4 is 50.5 Å². The van der Waals surface area contributed by atoms with Crippen molar-refractivity contribution in [3.05, 3.63) is 68.7 Å². The van der Waals surface area contributed by atoms with Crippen LogP contribution < -0.4 is 4.74 Å². The standard InChI is InChI=1S/C22H20BrNO5S/c1-3-28-17-10-13(15(23)12-16(17)25)11-18-20(26)19(22(27)29-4-2)21(30-18)24-14-8-6-5-7-9-14/h5-12,25-26H,3-4H2,1-2H3/b18-11-,24-21?. The summed E-state index contributed by atoms with van der Waals surface area (Å²) < 4.78 is 11.2. The van der Waals surface area contributed by atoms with Crippen LogP contribution in [0.15, 0.2) is 68.2 Å². The summed E-state index contributed by atoms with van der Waals surface area (Å²) in [5.41, 5.74) is 1.34. The van der Waals surface area contributed by atoms with Crippen LogP contribution in [0.4, 0.5) is 5.69 Å². The van der Waals surface area contributed by atoms with Crippen LogP contribution in [0.25, 0.3) is 6.08 Å². The summed E-state index contributed by atoms with van der Waals surface area (Å²) in [6, 6.07) is 12.3. The minimum atomic E-state index is -0.639. The molecule has 0 spiro atoms. The number of hydrogen-bond donors (Lipinski definition) is 2. The van der Waals surface area contributed by atoms with Crippen LogP contribution in [0.5, 0.6) is 11.5 Å². The fraction of sp³-hybridized carbons (Fsp3) is 0.182. The van der Waals surface area contributed by atoms with Crippen molar-refractivity contribution in [1.29, 1.82) is 0 Å². The number of thioether (sulfide) groups is 1. The fourth-order valence-corrected chi connectivity index (χ4v) is 4.16. The van der Waals surface area contributed by atoms with E-state index in [4.69, 9.17) is 9.47 Å². The van der Waals surface area contributed by atoms with Crippen molar-refractivity contribution < 1.29 is 24.5 Å². The third kappa shape index (κ3) is 4.88. The first kappa shape index (κ1) is 22.0. The number of esters is 1. The van der Waals surface area contributed by atoms with Gasteiger partial charge < -0.3 is 19.7 Å². The van der Waals surface area contributed by atoms with E-state index >= 15 is 0 Å². The van der Waals surface area contributed by atoms with Crippen molar-refractivity contribution in [3.63, 3.8) is 0 Å². The van der Waals surface area contributed by atoms with Crippen molar-refractivity contribution in [3.8, 4) is 11.5 Å². The number of rotatable bonds is 6. The van der Waals surface area contributed by atoms with Gasteiger partial charge in [0.2, 0.25) is 0 Å². The van der Waals surface area contributed by atoms with E-state index in [0.717, 1.165) is 11.8 Å². The van der Waals surface area contributed by atoms with Gasteiger partial charge in [-0.2, -0.15) is 0 Å². The molecule has 3 rings (SSSR count). The SMILES string of the molecule is CCOC(=O)C1=C(O)/C(=C/c2cc(OCC)c(O)cc2Br)SC1=Nc1ccccc1. The summed E-state index contributed by atoms with van der Waals surface area (Å²) in [4.78, 5) is 17.4. The van der Waals surface area contributed by atoms with Gasteiger partial charge in [0.1, 0.15) is 16.4 Å². The third-order valence-corrected chi connectivity index (χ3v) is 5.73. The van der Waals surface area contributed by atoms with Crippen molar-refractivity contribution in [2.45, 2.75) is 13.8 Å². The molecule has 2 aromatic rings. The first-order valence-electron chi connectivity index (χ1n) is 9.24. The number of halogens is 1. The zero-order chi connectivity index (χ0) is 21.7. The lowest BCUT2D eigenvalue weighted by Crippen LogP contribution is -2.12. The molecule has 1 aliphatic heterocycles. The summed E-state index contributed by atoms with van der Waals surface area (Å²) in [5, 5.41) is 21.2. The van der Waals surface area contributed by atoms with Gasteiger partial charge >= 0.3 is 5.97 Å². The molecule has 0 aliphatic carbocycles. The number of aliphatic hydroxyl groups excluding tert-OH is 1.